The number of carbonyl (C=O) groups excluding carboxylic acids is 2. The number of hydrogen-bond donors (Lipinski definition) is 1. The molecule has 1 heterocycles. The summed E-state index contributed by atoms with van der Waals surface area (Å²) in [5.74, 6) is -0.157. The van der Waals surface area contributed by atoms with Crippen LogP contribution in [0.2, 0.25) is 5.02 Å². The summed E-state index contributed by atoms with van der Waals surface area (Å²) in [7, 11) is 1.28. The lowest BCUT2D eigenvalue weighted by atomic mass is 10.2. The fraction of sp³-hybridized carbons (Fsp3) is 0.190. The van der Waals surface area contributed by atoms with Crippen LogP contribution in [0.5, 0.6) is 11.5 Å². The van der Waals surface area contributed by atoms with Crippen LogP contribution in [0.1, 0.15) is 23.0 Å². The van der Waals surface area contributed by atoms with Gasteiger partial charge in [-0.3, -0.25) is 4.79 Å². The van der Waals surface area contributed by atoms with Crippen LogP contribution in [-0.2, 0) is 9.53 Å². The number of rotatable bonds is 8. The number of carbonyl (C=O) groups is 2. The minimum Gasteiger partial charge on any atom is -0.490 e. The Kier molecular flexibility index (Phi) is 7.54. The highest BCUT2D eigenvalue weighted by molar-refractivity contribution is 9.10. The molecule has 0 saturated carbocycles. The van der Waals surface area contributed by atoms with Crippen LogP contribution in [0.4, 0.5) is 0 Å². The molecule has 0 unspecified atom stereocenters. The minimum atomic E-state index is -0.518. The van der Waals surface area contributed by atoms with Gasteiger partial charge in [0.15, 0.2) is 23.9 Å². The first-order valence-electron chi connectivity index (χ1n) is 9.09. The molecule has 31 heavy (non-hydrogen) atoms. The lowest BCUT2D eigenvalue weighted by Crippen LogP contribution is -2.16. The summed E-state index contributed by atoms with van der Waals surface area (Å²) in [5, 5.41) is 5.23. The van der Waals surface area contributed by atoms with E-state index in [-0.39, 0.29) is 12.4 Å². The average molecular weight is 510 g/mol. The van der Waals surface area contributed by atoms with E-state index in [1.807, 2.05) is 6.92 Å². The van der Waals surface area contributed by atoms with Gasteiger partial charge in [-0.2, -0.15) is 5.10 Å². The highest BCUT2D eigenvalue weighted by Gasteiger charge is 2.15. The Morgan fingerprint density at radius 3 is 2.77 bits per heavy atom. The first-order valence-corrected chi connectivity index (χ1v) is 10.3. The Morgan fingerprint density at radius 2 is 2.03 bits per heavy atom. The molecule has 0 radical (unpaired) electrons. The molecule has 10 heteroatoms. The van der Waals surface area contributed by atoms with Crippen molar-refractivity contribution in [3.05, 3.63) is 57.2 Å². The molecule has 1 N–H and O–H groups in total. The molecule has 162 valence electrons. The van der Waals surface area contributed by atoms with Crippen molar-refractivity contribution in [2.45, 2.75) is 6.92 Å². The Hall–Kier alpha value is -3.04. The van der Waals surface area contributed by atoms with E-state index in [1.54, 1.807) is 36.4 Å². The van der Waals surface area contributed by atoms with Gasteiger partial charge < -0.3 is 18.6 Å². The molecule has 1 amide bonds. The van der Waals surface area contributed by atoms with Crippen LogP contribution in [0.25, 0.3) is 11.0 Å². The van der Waals surface area contributed by atoms with Gasteiger partial charge >= 0.3 is 11.9 Å². The summed E-state index contributed by atoms with van der Waals surface area (Å²) in [5.41, 5.74) is 3.58. The first-order chi connectivity index (χ1) is 14.9. The number of ether oxygens (including phenoxy) is 3. The van der Waals surface area contributed by atoms with Crippen molar-refractivity contribution in [3.8, 4) is 11.5 Å². The van der Waals surface area contributed by atoms with E-state index in [2.05, 4.69) is 31.2 Å². The van der Waals surface area contributed by atoms with Crippen LogP contribution in [0, 0.1) is 0 Å². The van der Waals surface area contributed by atoms with Gasteiger partial charge in [0.25, 0.3) is 0 Å². The maximum Gasteiger partial charge on any atom is 0.343 e. The van der Waals surface area contributed by atoms with Crippen molar-refractivity contribution in [2.24, 2.45) is 5.10 Å². The molecule has 3 aromatic rings. The van der Waals surface area contributed by atoms with Gasteiger partial charge in [0.1, 0.15) is 5.58 Å². The molecule has 0 atom stereocenters. The smallest absolute Gasteiger partial charge is 0.343 e. The number of benzene rings is 2. The highest BCUT2D eigenvalue weighted by atomic mass is 79.9. The average Bonchev–Trinajstić information content (AvgIpc) is 3.16. The molecular weight excluding hydrogens is 492 g/mol. The maximum absolute atomic E-state index is 12.3. The van der Waals surface area contributed by atoms with Gasteiger partial charge in [-0.05, 0) is 64.8 Å². The molecule has 3 rings (SSSR count). The van der Waals surface area contributed by atoms with Crippen LogP contribution in [0.15, 0.2) is 50.4 Å². The van der Waals surface area contributed by atoms with E-state index < -0.39 is 11.9 Å². The third-order valence-corrected chi connectivity index (χ3v) is 4.80. The lowest BCUT2D eigenvalue weighted by molar-refractivity contribution is -0.142. The summed E-state index contributed by atoms with van der Waals surface area (Å²) in [4.78, 5) is 23.7. The molecule has 0 saturated heterocycles. The molecule has 0 fully saturated rings. The van der Waals surface area contributed by atoms with E-state index >= 15 is 0 Å². The second-order valence-corrected chi connectivity index (χ2v) is 7.41. The Balaban J connectivity index is 1.72. The van der Waals surface area contributed by atoms with Gasteiger partial charge in [-0.1, -0.05) is 11.6 Å². The number of halogens is 2. The topological polar surface area (TPSA) is 99.4 Å². The largest absolute Gasteiger partial charge is 0.490 e. The van der Waals surface area contributed by atoms with Gasteiger partial charge in [-0.25, -0.2) is 10.2 Å². The fourth-order valence-electron chi connectivity index (χ4n) is 2.60. The van der Waals surface area contributed by atoms with E-state index in [9.17, 15) is 9.59 Å². The predicted octanol–water partition coefficient (Wildman–Crippen LogP) is 4.56. The van der Waals surface area contributed by atoms with Crippen molar-refractivity contribution in [3.63, 3.8) is 0 Å². The second-order valence-electron chi connectivity index (χ2n) is 6.12. The molecule has 8 nitrogen and oxygen atoms in total. The van der Waals surface area contributed by atoms with E-state index in [4.69, 9.17) is 25.5 Å². The first kappa shape index (κ1) is 22.6. The number of methoxy groups -OCH3 is 1. The number of furan rings is 1. The number of nitrogens with zero attached hydrogens (tertiary/aromatic N) is 1. The predicted molar refractivity (Wildman–Crippen MR) is 119 cm³/mol. The number of nitrogens with one attached hydrogen (secondary N) is 1. The van der Waals surface area contributed by atoms with Gasteiger partial charge in [0, 0.05) is 10.4 Å². The third kappa shape index (κ3) is 5.77. The molecule has 0 aliphatic heterocycles. The van der Waals surface area contributed by atoms with Crippen LogP contribution in [0.3, 0.4) is 0 Å². The van der Waals surface area contributed by atoms with Crippen LogP contribution in [-0.4, -0.2) is 38.4 Å². The van der Waals surface area contributed by atoms with E-state index in [1.165, 1.54) is 13.3 Å². The molecule has 2 aromatic carbocycles. The molecule has 0 aliphatic rings. The maximum atomic E-state index is 12.3. The normalized spacial score (nSPS) is 11.0. The van der Waals surface area contributed by atoms with E-state index in [0.29, 0.717) is 38.7 Å². The van der Waals surface area contributed by atoms with E-state index in [0.717, 1.165) is 5.39 Å². The molecule has 1 aromatic heterocycles. The Bertz CT molecular complexity index is 1140. The molecule has 0 bridgehead atoms. The molecule has 0 spiro atoms. The zero-order chi connectivity index (χ0) is 22.4. The number of hydrogen-bond acceptors (Lipinski definition) is 7. The third-order valence-electron chi connectivity index (χ3n) is 3.98. The SMILES string of the molecule is CCOc1cc(/C=N/NC(=O)c2cc3cc(Cl)ccc3o2)cc(Br)c1OCC(=O)OC. The van der Waals surface area contributed by atoms with Gasteiger partial charge in [0.05, 0.1) is 24.4 Å². The fourth-order valence-corrected chi connectivity index (χ4v) is 3.36. The van der Waals surface area contributed by atoms with Crippen molar-refractivity contribution in [2.75, 3.05) is 20.3 Å². The monoisotopic (exact) mass is 508 g/mol. The van der Waals surface area contributed by atoms with Crippen LogP contribution < -0.4 is 14.9 Å². The molecule has 0 aliphatic carbocycles. The lowest BCUT2D eigenvalue weighted by Gasteiger charge is -2.13. The Labute approximate surface area is 191 Å². The summed E-state index contributed by atoms with van der Waals surface area (Å²) < 4.78 is 21.7. The zero-order valence-electron chi connectivity index (χ0n) is 16.6. The van der Waals surface area contributed by atoms with Crippen molar-refractivity contribution < 1.29 is 28.2 Å². The standard InChI is InChI=1S/C21H18BrClN2O6/c1-3-29-17-7-12(6-15(22)20(17)30-11-19(26)28-2)10-24-25-21(27)18-9-13-8-14(23)4-5-16(13)31-18/h4-10H,3,11H2,1-2H3,(H,25,27)/b24-10+. The highest BCUT2D eigenvalue weighted by Crippen LogP contribution is 2.36. The van der Waals surface area contributed by atoms with Crippen LogP contribution >= 0.6 is 27.5 Å². The zero-order valence-corrected chi connectivity index (χ0v) is 19.0. The number of amides is 1. The van der Waals surface area contributed by atoms with Crippen molar-refractivity contribution in [1.29, 1.82) is 0 Å². The quantitative estimate of drug-likeness (QED) is 0.271. The number of hydrazone groups is 1. The summed E-state index contributed by atoms with van der Waals surface area (Å²) in [6, 6.07) is 10.0. The van der Waals surface area contributed by atoms with Crippen molar-refractivity contribution in [1.82, 2.24) is 5.43 Å². The number of fused-ring (bicyclic) bond motifs is 1. The molecular formula is C21H18BrClN2O6. The van der Waals surface area contributed by atoms with Gasteiger partial charge in [-0.15, -0.1) is 0 Å². The second kappa shape index (κ2) is 10.3. The summed E-state index contributed by atoms with van der Waals surface area (Å²) >= 11 is 9.34. The number of esters is 1. The Morgan fingerprint density at radius 1 is 1.23 bits per heavy atom. The minimum absolute atomic E-state index is 0.108. The van der Waals surface area contributed by atoms with Gasteiger partial charge in [0.2, 0.25) is 0 Å². The van der Waals surface area contributed by atoms with Crippen molar-refractivity contribution >= 4 is 56.6 Å². The summed E-state index contributed by atoms with van der Waals surface area (Å²) in [6.07, 6.45) is 1.44. The summed E-state index contributed by atoms with van der Waals surface area (Å²) in [6.45, 7) is 1.94.